The van der Waals surface area contributed by atoms with E-state index in [9.17, 15) is 9.59 Å². The Labute approximate surface area is 194 Å². The summed E-state index contributed by atoms with van der Waals surface area (Å²) in [6.45, 7) is 8.91. The molecule has 0 aliphatic rings. The van der Waals surface area contributed by atoms with Crippen LogP contribution >= 0.6 is 15.9 Å². The van der Waals surface area contributed by atoms with Crippen molar-refractivity contribution >= 4 is 27.7 Å². The van der Waals surface area contributed by atoms with Crippen LogP contribution in [0.25, 0.3) is 0 Å². The number of nitrogens with one attached hydrogen (secondary N) is 1. The van der Waals surface area contributed by atoms with Crippen molar-refractivity contribution in [1.29, 1.82) is 0 Å². The molecule has 2 aromatic rings. The molecule has 2 rings (SSSR count). The highest BCUT2D eigenvalue weighted by molar-refractivity contribution is 9.10. The highest BCUT2D eigenvalue weighted by Gasteiger charge is 2.26. The lowest BCUT2D eigenvalue weighted by Crippen LogP contribution is -2.49. The molecule has 31 heavy (non-hydrogen) atoms. The molecular weight excluding hydrogens is 456 g/mol. The zero-order valence-electron chi connectivity index (χ0n) is 18.9. The van der Waals surface area contributed by atoms with Gasteiger partial charge in [0.1, 0.15) is 11.8 Å². The number of carbonyl (C=O) groups is 2. The first-order chi connectivity index (χ1) is 14.8. The lowest BCUT2D eigenvalue weighted by atomic mass is 10.0. The van der Waals surface area contributed by atoms with E-state index in [2.05, 4.69) is 42.0 Å². The Kier molecular flexibility index (Phi) is 10.0. The summed E-state index contributed by atoms with van der Waals surface area (Å²) in [5.41, 5.74) is 2.16. The molecule has 1 N–H and O–H groups in total. The topological polar surface area (TPSA) is 58.6 Å². The molecule has 6 heteroatoms. The maximum atomic E-state index is 13.1. The Morgan fingerprint density at radius 3 is 2.42 bits per heavy atom. The molecule has 0 bridgehead atoms. The third kappa shape index (κ3) is 8.02. The van der Waals surface area contributed by atoms with Crippen molar-refractivity contribution in [3.8, 4) is 5.75 Å². The van der Waals surface area contributed by atoms with Gasteiger partial charge in [0.05, 0.1) is 0 Å². The Hall–Kier alpha value is -2.34. The number of hydrogen-bond acceptors (Lipinski definition) is 3. The zero-order chi connectivity index (χ0) is 22.8. The van der Waals surface area contributed by atoms with Gasteiger partial charge in [0.15, 0.2) is 6.61 Å². The Balaban J connectivity index is 2.09. The van der Waals surface area contributed by atoms with Gasteiger partial charge in [-0.3, -0.25) is 9.59 Å². The SMILES string of the molecule is CCCCNC(=O)C(C)N(Cc1cccc(Br)c1)C(=O)COc1ccc(C(C)C)cc1. The molecular formula is C25H33BrN2O3. The second-order valence-electron chi connectivity index (χ2n) is 7.98. The first kappa shape index (κ1) is 24.9. The number of unbranched alkanes of at least 4 members (excludes halogenated alkanes) is 1. The van der Waals surface area contributed by atoms with Crippen LogP contribution in [0.5, 0.6) is 5.75 Å². The smallest absolute Gasteiger partial charge is 0.261 e. The normalized spacial score (nSPS) is 11.8. The molecule has 2 aromatic carbocycles. The van der Waals surface area contributed by atoms with Gasteiger partial charge in [0.2, 0.25) is 5.91 Å². The summed E-state index contributed by atoms with van der Waals surface area (Å²) in [6.07, 6.45) is 1.91. The average Bonchev–Trinajstić information content (AvgIpc) is 2.75. The van der Waals surface area contributed by atoms with E-state index in [-0.39, 0.29) is 18.4 Å². The zero-order valence-corrected chi connectivity index (χ0v) is 20.4. The number of hydrogen-bond donors (Lipinski definition) is 1. The van der Waals surface area contributed by atoms with Gasteiger partial charge in [-0.05, 0) is 54.7 Å². The molecule has 0 aliphatic carbocycles. The van der Waals surface area contributed by atoms with Gasteiger partial charge in [-0.2, -0.15) is 0 Å². The minimum atomic E-state index is -0.602. The minimum absolute atomic E-state index is 0.123. The van der Waals surface area contributed by atoms with Crippen LogP contribution in [0.3, 0.4) is 0 Å². The van der Waals surface area contributed by atoms with Crippen molar-refractivity contribution in [3.63, 3.8) is 0 Å². The van der Waals surface area contributed by atoms with Crippen molar-refractivity contribution in [2.75, 3.05) is 13.2 Å². The van der Waals surface area contributed by atoms with Crippen molar-refractivity contribution in [1.82, 2.24) is 10.2 Å². The molecule has 0 spiro atoms. The molecule has 0 heterocycles. The largest absolute Gasteiger partial charge is 0.484 e. The van der Waals surface area contributed by atoms with Gasteiger partial charge in [0.25, 0.3) is 5.91 Å². The van der Waals surface area contributed by atoms with Crippen LogP contribution in [0.2, 0.25) is 0 Å². The van der Waals surface area contributed by atoms with Crippen LogP contribution in [0.15, 0.2) is 53.0 Å². The van der Waals surface area contributed by atoms with Gasteiger partial charge in [-0.1, -0.05) is 67.4 Å². The van der Waals surface area contributed by atoms with Crippen LogP contribution < -0.4 is 10.1 Å². The van der Waals surface area contributed by atoms with E-state index in [4.69, 9.17) is 4.74 Å². The highest BCUT2D eigenvalue weighted by atomic mass is 79.9. The van der Waals surface area contributed by atoms with Gasteiger partial charge in [0, 0.05) is 17.6 Å². The molecule has 168 valence electrons. The summed E-state index contributed by atoms with van der Waals surface area (Å²) in [6, 6.07) is 14.9. The average molecular weight is 489 g/mol. The van der Waals surface area contributed by atoms with E-state index in [1.54, 1.807) is 11.8 Å². The molecule has 1 atom stereocenters. The third-order valence-electron chi connectivity index (χ3n) is 5.15. The molecule has 0 fully saturated rings. The number of halogens is 1. The number of carbonyl (C=O) groups excluding carboxylic acids is 2. The second-order valence-corrected chi connectivity index (χ2v) is 8.90. The van der Waals surface area contributed by atoms with Crippen LogP contribution in [0.1, 0.15) is 57.6 Å². The summed E-state index contributed by atoms with van der Waals surface area (Å²) < 4.78 is 6.67. The lowest BCUT2D eigenvalue weighted by Gasteiger charge is -2.29. The standard InChI is InChI=1S/C25H33BrN2O3/c1-5-6-14-27-25(30)19(4)28(16-20-8-7-9-22(26)15-20)24(29)17-31-23-12-10-21(11-13-23)18(2)3/h7-13,15,18-19H,5-6,14,16-17H2,1-4H3,(H,27,30). The van der Waals surface area contributed by atoms with Gasteiger partial charge >= 0.3 is 0 Å². The van der Waals surface area contributed by atoms with E-state index in [0.717, 1.165) is 22.9 Å². The predicted molar refractivity (Wildman–Crippen MR) is 128 cm³/mol. The summed E-state index contributed by atoms with van der Waals surface area (Å²) in [5.74, 6) is 0.688. The Bertz CT molecular complexity index is 852. The van der Waals surface area contributed by atoms with Crippen molar-refractivity contribution in [3.05, 3.63) is 64.1 Å². The van der Waals surface area contributed by atoms with Crippen molar-refractivity contribution in [2.24, 2.45) is 0 Å². The fraction of sp³-hybridized carbons (Fsp3) is 0.440. The maximum absolute atomic E-state index is 13.1. The number of rotatable bonds is 11. The monoisotopic (exact) mass is 488 g/mol. The third-order valence-corrected chi connectivity index (χ3v) is 5.64. The molecule has 2 amide bonds. The summed E-state index contributed by atoms with van der Waals surface area (Å²) >= 11 is 3.47. The van der Waals surface area contributed by atoms with Gasteiger partial charge < -0.3 is 15.0 Å². The van der Waals surface area contributed by atoms with Crippen molar-refractivity contribution in [2.45, 2.75) is 59.0 Å². The highest BCUT2D eigenvalue weighted by Crippen LogP contribution is 2.19. The van der Waals surface area contributed by atoms with Crippen LogP contribution in [0, 0.1) is 0 Å². The molecule has 0 saturated carbocycles. The maximum Gasteiger partial charge on any atom is 0.261 e. The molecule has 0 aliphatic heterocycles. The minimum Gasteiger partial charge on any atom is -0.484 e. The fourth-order valence-corrected chi connectivity index (χ4v) is 3.57. The van der Waals surface area contributed by atoms with E-state index in [1.807, 2.05) is 48.5 Å². The van der Waals surface area contributed by atoms with E-state index in [1.165, 1.54) is 5.56 Å². The first-order valence-corrected chi connectivity index (χ1v) is 11.7. The van der Waals surface area contributed by atoms with Crippen LogP contribution in [-0.2, 0) is 16.1 Å². The number of nitrogens with zero attached hydrogens (tertiary/aromatic N) is 1. The predicted octanol–water partition coefficient (Wildman–Crippen LogP) is 5.28. The fourth-order valence-electron chi connectivity index (χ4n) is 3.13. The van der Waals surface area contributed by atoms with Gasteiger partial charge in [-0.15, -0.1) is 0 Å². The molecule has 0 radical (unpaired) electrons. The van der Waals surface area contributed by atoms with E-state index < -0.39 is 6.04 Å². The number of benzene rings is 2. The second kappa shape index (κ2) is 12.5. The van der Waals surface area contributed by atoms with Gasteiger partial charge in [-0.25, -0.2) is 0 Å². The van der Waals surface area contributed by atoms with Crippen LogP contribution in [-0.4, -0.2) is 35.9 Å². The summed E-state index contributed by atoms with van der Waals surface area (Å²) in [4.78, 5) is 27.3. The Morgan fingerprint density at radius 2 is 1.81 bits per heavy atom. The lowest BCUT2D eigenvalue weighted by molar-refractivity contribution is -0.142. The van der Waals surface area contributed by atoms with Crippen molar-refractivity contribution < 1.29 is 14.3 Å². The molecule has 0 aromatic heterocycles. The number of amides is 2. The first-order valence-electron chi connectivity index (χ1n) is 10.9. The molecule has 5 nitrogen and oxygen atoms in total. The summed E-state index contributed by atoms with van der Waals surface area (Å²) in [7, 11) is 0. The quantitative estimate of drug-likeness (QED) is 0.437. The van der Waals surface area contributed by atoms with E-state index in [0.29, 0.717) is 24.8 Å². The number of ether oxygens (including phenoxy) is 1. The van der Waals surface area contributed by atoms with E-state index >= 15 is 0 Å². The Morgan fingerprint density at radius 1 is 1.10 bits per heavy atom. The van der Waals surface area contributed by atoms with Crippen LogP contribution in [0.4, 0.5) is 0 Å². The summed E-state index contributed by atoms with van der Waals surface area (Å²) in [5, 5.41) is 2.92. The molecule has 1 unspecified atom stereocenters. The molecule has 0 saturated heterocycles.